The van der Waals surface area contributed by atoms with Crippen LogP contribution in [-0.2, 0) is 0 Å². The van der Waals surface area contributed by atoms with Crippen LogP contribution in [0.3, 0.4) is 0 Å². The van der Waals surface area contributed by atoms with Gasteiger partial charge in [-0.1, -0.05) is 23.3 Å². The molecule has 5 nitrogen and oxygen atoms in total. The standard InChI is InChI=1S/C17H24ClN3O2/c1-12(2)23-14-4-5-16(15(18)10-14)20-17(22)19-11-13-6-8-21(3)9-7-13/h4-6,10,12H,7-9,11H2,1-3H3,(H2,19,20,22). The molecule has 2 rings (SSSR count). The number of hydrogen-bond donors (Lipinski definition) is 2. The minimum absolute atomic E-state index is 0.0796. The fourth-order valence-electron chi connectivity index (χ4n) is 2.28. The van der Waals surface area contributed by atoms with E-state index in [2.05, 4.69) is 28.7 Å². The number of anilines is 1. The Morgan fingerprint density at radius 1 is 1.43 bits per heavy atom. The highest BCUT2D eigenvalue weighted by Gasteiger charge is 2.10. The van der Waals surface area contributed by atoms with Crippen LogP contribution in [0.25, 0.3) is 0 Å². The lowest BCUT2D eigenvalue weighted by molar-refractivity contribution is 0.242. The zero-order valence-electron chi connectivity index (χ0n) is 13.9. The van der Waals surface area contributed by atoms with Gasteiger partial charge in [-0.2, -0.15) is 0 Å². The number of likely N-dealkylation sites (N-methyl/N-ethyl adjacent to an activating group) is 1. The van der Waals surface area contributed by atoms with Gasteiger partial charge in [-0.15, -0.1) is 0 Å². The summed E-state index contributed by atoms with van der Waals surface area (Å²) in [6.07, 6.45) is 3.23. The van der Waals surface area contributed by atoms with Crippen molar-refractivity contribution >= 4 is 23.3 Å². The largest absolute Gasteiger partial charge is 0.491 e. The van der Waals surface area contributed by atoms with E-state index in [9.17, 15) is 4.79 Å². The first kappa shape index (κ1) is 17.6. The molecule has 0 radical (unpaired) electrons. The van der Waals surface area contributed by atoms with Crippen molar-refractivity contribution in [1.82, 2.24) is 10.2 Å². The fourth-order valence-corrected chi connectivity index (χ4v) is 2.49. The number of urea groups is 1. The van der Waals surface area contributed by atoms with Gasteiger partial charge in [0.05, 0.1) is 16.8 Å². The van der Waals surface area contributed by atoms with Crippen molar-refractivity contribution in [2.24, 2.45) is 0 Å². The summed E-state index contributed by atoms with van der Waals surface area (Å²) in [5, 5.41) is 6.08. The van der Waals surface area contributed by atoms with Gasteiger partial charge in [0, 0.05) is 25.7 Å². The van der Waals surface area contributed by atoms with Crippen LogP contribution < -0.4 is 15.4 Å². The molecule has 2 N–H and O–H groups in total. The summed E-state index contributed by atoms with van der Waals surface area (Å²) >= 11 is 6.18. The number of nitrogens with one attached hydrogen (secondary N) is 2. The highest BCUT2D eigenvalue weighted by molar-refractivity contribution is 6.33. The Morgan fingerprint density at radius 3 is 2.83 bits per heavy atom. The predicted octanol–water partition coefficient (Wildman–Crippen LogP) is 3.51. The molecular formula is C17H24ClN3O2. The molecule has 0 saturated heterocycles. The molecular weight excluding hydrogens is 314 g/mol. The molecule has 1 aliphatic heterocycles. The van der Waals surface area contributed by atoms with Crippen molar-refractivity contribution in [3.8, 4) is 5.75 Å². The normalized spacial score (nSPS) is 15.3. The Kier molecular flexibility index (Phi) is 6.30. The number of nitrogens with zero attached hydrogens (tertiary/aromatic N) is 1. The van der Waals surface area contributed by atoms with Crippen molar-refractivity contribution in [3.05, 3.63) is 34.9 Å². The number of benzene rings is 1. The molecule has 1 aromatic carbocycles. The van der Waals surface area contributed by atoms with E-state index >= 15 is 0 Å². The summed E-state index contributed by atoms with van der Waals surface area (Å²) in [5.74, 6) is 0.687. The summed E-state index contributed by atoms with van der Waals surface area (Å²) in [5.41, 5.74) is 1.82. The maximum atomic E-state index is 12.0. The Labute approximate surface area is 142 Å². The van der Waals surface area contributed by atoms with E-state index in [1.807, 2.05) is 13.8 Å². The Balaban J connectivity index is 1.85. The number of carbonyl (C=O) groups is 1. The molecule has 23 heavy (non-hydrogen) atoms. The van der Waals surface area contributed by atoms with Gasteiger partial charge in [0.15, 0.2) is 0 Å². The number of amides is 2. The zero-order chi connectivity index (χ0) is 16.8. The summed E-state index contributed by atoms with van der Waals surface area (Å²) in [7, 11) is 2.09. The van der Waals surface area contributed by atoms with Crippen LogP contribution in [0.15, 0.2) is 29.8 Å². The maximum absolute atomic E-state index is 12.0. The van der Waals surface area contributed by atoms with Gasteiger partial charge in [-0.05, 0) is 39.4 Å². The van der Waals surface area contributed by atoms with E-state index < -0.39 is 0 Å². The van der Waals surface area contributed by atoms with Gasteiger partial charge in [-0.25, -0.2) is 4.79 Å². The SMILES string of the molecule is CC(C)Oc1ccc(NC(=O)NCC2=CCN(C)CC2)c(Cl)c1. The number of hydrogen-bond acceptors (Lipinski definition) is 3. The Bertz CT molecular complexity index is 587. The van der Waals surface area contributed by atoms with Gasteiger partial charge in [0.2, 0.25) is 0 Å². The lowest BCUT2D eigenvalue weighted by Gasteiger charge is -2.22. The van der Waals surface area contributed by atoms with Crippen LogP contribution in [0.4, 0.5) is 10.5 Å². The molecule has 126 valence electrons. The smallest absolute Gasteiger partial charge is 0.319 e. The summed E-state index contributed by atoms with van der Waals surface area (Å²) in [6.45, 7) is 6.42. The average Bonchev–Trinajstić information content (AvgIpc) is 2.49. The quantitative estimate of drug-likeness (QED) is 0.808. The zero-order valence-corrected chi connectivity index (χ0v) is 14.6. The summed E-state index contributed by atoms with van der Waals surface area (Å²) < 4.78 is 5.57. The molecule has 0 fully saturated rings. The van der Waals surface area contributed by atoms with E-state index in [4.69, 9.17) is 16.3 Å². The first-order chi connectivity index (χ1) is 10.9. The van der Waals surface area contributed by atoms with Crippen molar-refractivity contribution < 1.29 is 9.53 Å². The highest BCUT2D eigenvalue weighted by atomic mass is 35.5. The summed E-state index contributed by atoms with van der Waals surface area (Å²) in [6, 6.07) is 4.98. The molecule has 2 amide bonds. The van der Waals surface area contributed by atoms with Crippen molar-refractivity contribution in [1.29, 1.82) is 0 Å². The van der Waals surface area contributed by atoms with Crippen LogP contribution >= 0.6 is 11.6 Å². The van der Waals surface area contributed by atoms with Gasteiger partial charge in [0.25, 0.3) is 0 Å². The van der Waals surface area contributed by atoms with Crippen LogP contribution in [0.2, 0.25) is 5.02 Å². The van der Waals surface area contributed by atoms with E-state index in [1.165, 1.54) is 5.57 Å². The monoisotopic (exact) mass is 337 g/mol. The third-order valence-electron chi connectivity index (χ3n) is 3.54. The van der Waals surface area contributed by atoms with E-state index in [1.54, 1.807) is 18.2 Å². The van der Waals surface area contributed by atoms with Crippen LogP contribution in [0.1, 0.15) is 20.3 Å². The van der Waals surface area contributed by atoms with Gasteiger partial charge in [-0.3, -0.25) is 0 Å². The molecule has 1 aliphatic rings. The number of halogens is 1. The summed E-state index contributed by atoms with van der Waals surface area (Å²) in [4.78, 5) is 14.2. The molecule has 0 spiro atoms. The number of ether oxygens (including phenoxy) is 1. The van der Waals surface area contributed by atoms with Crippen molar-refractivity contribution in [2.45, 2.75) is 26.4 Å². The molecule has 0 aromatic heterocycles. The molecule has 1 heterocycles. The second-order valence-electron chi connectivity index (χ2n) is 5.99. The minimum Gasteiger partial charge on any atom is -0.491 e. The Morgan fingerprint density at radius 2 is 2.22 bits per heavy atom. The first-order valence-corrected chi connectivity index (χ1v) is 8.19. The third kappa shape index (κ3) is 5.77. The number of carbonyl (C=O) groups excluding carboxylic acids is 1. The minimum atomic E-state index is -0.260. The van der Waals surface area contributed by atoms with Crippen LogP contribution in [0, 0.1) is 0 Å². The second-order valence-corrected chi connectivity index (χ2v) is 6.40. The number of rotatable bonds is 5. The molecule has 1 aromatic rings. The van der Waals surface area contributed by atoms with Gasteiger partial charge >= 0.3 is 6.03 Å². The predicted molar refractivity (Wildman–Crippen MR) is 94.4 cm³/mol. The third-order valence-corrected chi connectivity index (χ3v) is 3.86. The van der Waals surface area contributed by atoms with E-state index in [0.29, 0.717) is 23.0 Å². The second kappa shape index (κ2) is 8.22. The molecule has 0 atom stereocenters. The van der Waals surface area contributed by atoms with Crippen LogP contribution in [0.5, 0.6) is 5.75 Å². The molecule has 0 bridgehead atoms. The topological polar surface area (TPSA) is 53.6 Å². The van der Waals surface area contributed by atoms with Crippen molar-refractivity contribution in [2.75, 3.05) is 32.0 Å². The lowest BCUT2D eigenvalue weighted by atomic mass is 10.1. The lowest BCUT2D eigenvalue weighted by Crippen LogP contribution is -2.33. The highest BCUT2D eigenvalue weighted by Crippen LogP contribution is 2.27. The fraction of sp³-hybridized carbons (Fsp3) is 0.471. The van der Waals surface area contributed by atoms with Gasteiger partial charge < -0.3 is 20.3 Å². The van der Waals surface area contributed by atoms with Crippen LogP contribution in [-0.4, -0.2) is 43.7 Å². The van der Waals surface area contributed by atoms with E-state index in [0.717, 1.165) is 19.5 Å². The first-order valence-electron chi connectivity index (χ1n) is 7.81. The molecule has 0 saturated carbocycles. The molecule has 6 heteroatoms. The van der Waals surface area contributed by atoms with E-state index in [-0.39, 0.29) is 12.1 Å². The molecule has 0 aliphatic carbocycles. The Hall–Kier alpha value is -1.72. The maximum Gasteiger partial charge on any atom is 0.319 e. The van der Waals surface area contributed by atoms with Crippen molar-refractivity contribution in [3.63, 3.8) is 0 Å². The molecule has 0 unspecified atom stereocenters. The average molecular weight is 338 g/mol. The van der Waals surface area contributed by atoms with Gasteiger partial charge in [0.1, 0.15) is 5.75 Å².